The Morgan fingerprint density at radius 3 is 2.81 bits per heavy atom. The number of ether oxygens (including phenoxy) is 1. The summed E-state index contributed by atoms with van der Waals surface area (Å²) in [7, 11) is 0. The first-order valence-corrected chi connectivity index (χ1v) is 6.61. The van der Waals surface area contributed by atoms with Gasteiger partial charge in [0.2, 0.25) is 5.91 Å². The second-order valence-corrected chi connectivity index (χ2v) is 4.78. The molecule has 0 aliphatic carbocycles. The van der Waals surface area contributed by atoms with Crippen LogP contribution in [0.5, 0.6) is 0 Å². The molecule has 5 nitrogen and oxygen atoms in total. The number of carbonyl (C=O) groups is 2. The van der Waals surface area contributed by atoms with Crippen LogP contribution in [-0.2, 0) is 22.6 Å². The van der Waals surface area contributed by atoms with Gasteiger partial charge in [0.25, 0.3) is 0 Å². The van der Waals surface area contributed by atoms with Crippen LogP contribution in [0.4, 0.5) is 16.2 Å². The first-order valence-electron chi connectivity index (χ1n) is 6.61. The molecule has 106 valence electrons. The zero-order valence-corrected chi connectivity index (χ0v) is 11.3. The quantitative estimate of drug-likeness (QED) is 0.909. The van der Waals surface area contributed by atoms with E-state index in [1.165, 1.54) is 0 Å². The highest BCUT2D eigenvalue weighted by Gasteiger charge is 2.17. The second-order valence-electron chi connectivity index (χ2n) is 4.78. The maximum Gasteiger partial charge on any atom is 0.411 e. The monoisotopic (exact) mass is 282 g/mol. The summed E-state index contributed by atoms with van der Waals surface area (Å²) in [6.45, 7) is 0.220. The van der Waals surface area contributed by atoms with Gasteiger partial charge < -0.3 is 10.1 Å². The number of amides is 2. The second kappa shape index (κ2) is 5.66. The predicted octanol–water partition coefficient (Wildman–Crippen LogP) is 2.93. The average Bonchev–Trinajstić information content (AvgIpc) is 2.85. The molecule has 0 saturated heterocycles. The maximum atomic E-state index is 11.7. The summed E-state index contributed by atoms with van der Waals surface area (Å²) in [4.78, 5) is 23.0. The molecule has 0 bridgehead atoms. The molecule has 0 spiro atoms. The fourth-order valence-electron chi connectivity index (χ4n) is 2.18. The Hall–Kier alpha value is -2.82. The van der Waals surface area contributed by atoms with Gasteiger partial charge in [-0.15, -0.1) is 0 Å². The minimum atomic E-state index is -0.518. The molecule has 2 aromatic carbocycles. The zero-order valence-electron chi connectivity index (χ0n) is 11.3. The van der Waals surface area contributed by atoms with Crippen LogP contribution in [0.1, 0.15) is 11.1 Å². The molecule has 2 amide bonds. The highest BCUT2D eigenvalue weighted by molar-refractivity contribution is 6.00. The summed E-state index contributed by atoms with van der Waals surface area (Å²) in [6, 6.07) is 14.7. The zero-order chi connectivity index (χ0) is 14.7. The fourth-order valence-corrected chi connectivity index (χ4v) is 2.18. The fraction of sp³-hybridized carbons (Fsp3) is 0.125. The van der Waals surface area contributed by atoms with E-state index in [2.05, 4.69) is 10.6 Å². The van der Waals surface area contributed by atoms with E-state index in [1.54, 1.807) is 18.2 Å². The molecule has 21 heavy (non-hydrogen) atoms. The first kappa shape index (κ1) is 13.2. The van der Waals surface area contributed by atoms with Crippen LogP contribution in [0.15, 0.2) is 48.5 Å². The van der Waals surface area contributed by atoms with Crippen molar-refractivity contribution in [2.24, 2.45) is 0 Å². The van der Waals surface area contributed by atoms with Gasteiger partial charge >= 0.3 is 6.09 Å². The topological polar surface area (TPSA) is 67.4 Å². The van der Waals surface area contributed by atoms with E-state index >= 15 is 0 Å². The van der Waals surface area contributed by atoms with Crippen molar-refractivity contribution in [1.82, 2.24) is 0 Å². The van der Waals surface area contributed by atoms with Crippen LogP contribution in [0, 0.1) is 0 Å². The van der Waals surface area contributed by atoms with Gasteiger partial charge in [-0.25, -0.2) is 4.79 Å². The van der Waals surface area contributed by atoms with Gasteiger partial charge in [-0.3, -0.25) is 10.1 Å². The van der Waals surface area contributed by atoms with Crippen LogP contribution in [0.25, 0.3) is 0 Å². The molecule has 0 unspecified atom stereocenters. The van der Waals surface area contributed by atoms with Crippen LogP contribution < -0.4 is 10.6 Å². The molecule has 0 fully saturated rings. The van der Waals surface area contributed by atoms with E-state index < -0.39 is 6.09 Å². The van der Waals surface area contributed by atoms with Crippen LogP contribution >= 0.6 is 0 Å². The minimum Gasteiger partial charge on any atom is -0.444 e. The third kappa shape index (κ3) is 3.20. The lowest BCUT2D eigenvalue weighted by molar-refractivity contribution is -0.115. The largest absolute Gasteiger partial charge is 0.444 e. The Kier molecular flexibility index (Phi) is 3.55. The highest BCUT2D eigenvalue weighted by atomic mass is 16.5. The van der Waals surface area contributed by atoms with Crippen molar-refractivity contribution in [3.8, 4) is 0 Å². The van der Waals surface area contributed by atoms with Crippen molar-refractivity contribution in [1.29, 1.82) is 0 Å². The Morgan fingerprint density at radius 2 is 2.00 bits per heavy atom. The summed E-state index contributed by atoms with van der Waals surface area (Å²) in [5, 5.41) is 5.40. The molecule has 1 aliphatic heterocycles. The third-order valence-electron chi connectivity index (χ3n) is 3.19. The SMILES string of the molecule is O=C1Cc2cc(NC(=O)OCc3ccccc3)ccc2N1. The summed E-state index contributed by atoms with van der Waals surface area (Å²) in [5.74, 6) is -0.0335. The lowest BCUT2D eigenvalue weighted by Gasteiger charge is -2.08. The van der Waals surface area contributed by atoms with E-state index in [1.807, 2.05) is 30.3 Å². The predicted molar refractivity (Wildman–Crippen MR) is 79.0 cm³/mol. The Bertz CT molecular complexity index is 683. The third-order valence-corrected chi connectivity index (χ3v) is 3.19. The number of anilines is 2. The van der Waals surface area contributed by atoms with Gasteiger partial charge in [-0.05, 0) is 29.3 Å². The lowest BCUT2D eigenvalue weighted by atomic mass is 10.1. The molecule has 0 aromatic heterocycles. The Morgan fingerprint density at radius 1 is 1.19 bits per heavy atom. The normalized spacial score (nSPS) is 12.5. The van der Waals surface area contributed by atoms with Crippen molar-refractivity contribution in [3.63, 3.8) is 0 Å². The number of hydrogen-bond donors (Lipinski definition) is 2. The van der Waals surface area contributed by atoms with Crippen molar-refractivity contribution in [2.45, 2.75) is 13.0 Å². The summed E-state index contributed by atoms with van der Waals surface area (Å²) in [6.07, 6.45) is -0.180. The summed E-state index contributed by atoms with van der Waals surface area (Å²) >= 11 is 0. The number of rotatable bonds is 3. The van der Waals surface area contributed by atoms with Gasteiger partial charge in [-0.2, -0.15) is 0 Å². The van der Waals surface area contributed by atoms with Gasteiger partial charge in [0.15, 0.2) is 0 Å². The van der Waals surface area contributed by atoms with Crippen molar-refractivity contribution < 1.29 is 14.3 Å². The molecule has 2 aromatic rings. The average molecular weight is 282 g/mol. The van der Waals surface area contributed by atoms with Gasteiger partial charge in [0.1, 0.15) is 6.61 Å². The molecule has 1 heterocycles. The number of nitrogens with one attached hydrogen (secondary N) is 2. The Balaban J connectivity index is 1.58. The maximum absolute atomic E-state index is 11.7. The van der Waals surface area contributed by atoms with Crippen molar-refractivity contribution >= 4 is 23.4 Å². The van der Waals surface area contributed by atoms with Gasteiger partial charge in [0, 0.05) is 11.4 Å². The van der Waals surface area contributed by atoms with Crippen molar-refractivity contribution in [2.75, 3.05) is 10.6 Å². The molecule has 0 radical (unpaired) electrons. The molecular weight excluding hydrogens is 268 g/mol. The van der Waals surface area contributed by atoms with Crippen LogP contribution in [0.2, 0.25) is 0 Å². The molecule has 3 rings (SSSR count). The molecule has 5 heteroatoms. The van der Waals surface area contributed by atoms with Gasteiger partial charge in [0.05, 0.1) is 6.42 Å². The standard InChI is InChI=1S/C16H14N2O3/c19-15-9-12-8-13(6-7-14(12)18-15)17-16(20)21-10-11-4-2-1-3-5-11/h1-8H,9-10H2,(H,17,20)(H,18,19). The number of hydrogen-bond acceptors (Lipinski definition) is 3. The Labute approximate surface area is 121 Å². The van der Waals surface area contributed by atoms with E-state index in [0.29, 0.717) is 12.1 Å². The van der Waals surface area contributed by atoms with Gasteiger partial charge in [-0.1, -0.05) is 30.3 Å². The van der Waals surface area contributed by atoms with Crippen LogP contribution in [0.3, 0.4) is 0 Å². The van der Waals surface area contributed by atoms with E-state index in [4.69, 9.17) is 4.74 Å². The van der Waals surface area contributed by atoms with Crippen molar-refractivity contribution in [3.05, 3.63) is 59.7 Å². The van der Waals surface area contributed by atoms with Crippen LogP contribution in [-0.4, -0.2) is 12.0 Å². The summed E-state index contributed by atoms with van der Waals surface area (Å²) < 4.78 is 5.14. The molecule has 1 aliphatic rings. The smallest absolute Gasteiger partial charge is 0.411 e. The molecule has 2 N–H and O–H groups in total. The molecule has 0 saturated carbocycles. The minimum absolute atomic E-state index is 0.0335. The number of fused-ring (bicyclic) bond motifs is 1. The molecule has 0 atom stereocenters. The molecular formula is C16H14N2O3. The summed E-state index contributed by atoms with van der Waals surface area (Å²) in [5.41, 5.74) is 3.21. The number of benzene rings is 2. The number of carbonyl (C=O) groups excluding carboxylic acids is 2. The van der Waals surface area contributed by atoms with E-state index in [9.17, 15) is 9.59 Å². The van der Waals surface area contributed by atoms with E-state index in [-0.39, 0.29) is 12.5 Å². The first-order chi connectivity index (χ1) is 10.2. The lowest BCUT2D eigenvalue weighted by Crippen LogP contribution is -2.13. The van der Waals surface area contributed by atoms with E-state index in [0.717, 1.165) is 16.8 Å². The highest BCUT2D eigenvalue weighted by Crippen LogP contribution is 2.26.